The number of esters is 1. The summed E-state index contributed by atoms with van der Waals surface area (Å²) in [6.45, 7) is 1.83. The highest BCUT2D eigenvalue weighted by Crippen LogP contribution is 2.29. The van der Waals surface area contributed by atoms with Crippen LogP contribution in [0.4, 0.5) is 0 Å². The molecule has 2 aliphatic rings. The molecule has 0 fully saturated rings. The first-order valence-corrected chi connectivity index (χ1v) is 5.88. The minimum Gasteiger partial charge on any atom is -0.464 e. The minimum absolute atomic E-state index is 0.0550. The molecule has 96 valence electrons. The quantitative estimate of drug-likeness (QED) is 0.551. The van der Waals surface area contributed by atoms with Gasteiger partial charge in [-0.25, -0.2) is 4.79 Å². The van der Waals surface area contributed by atoms with E-state index in [1.807, 2.05) is 0 Å². The van der Waals surface area contributed by atoms with Gasteiger partial charge in [-0.05, 0) is 6.92 Å². The zero-order valence-electron chi connectivity index (χ0n) is 9.70. The van der Waals surface area contributed by atoms with Crippen molar-refractivity contribution in [3.63, 3.8) is 0 Å². The Labute approximate surface area is 108 Å². The van der Waals surface area contributed by atoms with Gasteiger partial charge in [0, 0.05) is 23.6 Å². The smallest absolute Gasteiger partial charge is 0.335 e. The number of hydrogen-bond acceptors (Lipinski definition) is 5. The molecule has 0 bridgehead atoms. The highest BCUT2D eigenvalue weighted by atomic mass is 35.5. The van der Waals surface area contributed by atoms with E-state index in [4.69, 9.17) is 21.1 Å². The van der Waals surface area contributed by atoms with Crippen molar-refractivity contribution in [1.29, 1.82) is 0 Å². The Bertz CT molecular complexity index is 489. The molecule has 0 aromatic rings. The van der Waals surface area contributed by atoms with E-state index in [0.29, 0.717) is 5.57 Å². The summed E-state index contributed by atoms with van der Waals surface area (Å²) in [5.41, 5.74) is 0.543. The maximum absolute atomic E-state index is 11.7. The summed E-state index contributed by atoms with van der Waals surface area (Å²) < 4.78 is 10.1. The lowest BCUT2D eigenvalue weighted by atomic mass is 9.89. The summed E-state index contributed by atoms with van der Waals surface area (Å²) in [6, 6.07) is 0. The van der Waals surface area contributed by atoms with Crippen LogP contribution in [0.15, 0.2) is 22.3 Å². The van der Waals surface area contributed by atoms with E-state index in [9.17, 15) is 14.4 Å². The summed E-state index contributed by atoms with van der Waals surface area (Å²) >= 11 is 5.64. The molecular formula is C12H11ClO5. The third kappa shape index (κ3) is 2.23. The predicted molar refractivity (Wildman–Crippen MR) is 62.0 cm³/mol. The Balaban J connectivity index is 2.21. The van der Waals surface area contributed by atoms with Gasteiger partial charge in [-0.3, -0.25) is 9.59 Å². The van der Waals surface area contributed by atoms with Crippen LogP contribution in [0.2, 0.25) is 0 Å². The lowest BCUT2D eigenvalue weighted by Crippen LogP contribution is -2.36. The Morgan fingerprint density at radius 3 is 2.89 bits per heavy atom. The highest BCUT2D eigenvalue weighted by molar-refractivity contribution is 6.48. The van der Waals surface area contributed by atoms with Crippen LogP contribution in [0, 0.1) is 0 Å². The summed E-state index contributed by atoms with van der Waals surface area (Å²) in [5, 5.41) is -0.114. The largest absolute Gasteiger partial charge is 0.464 e. The van der Waals surface area contributed by atoms with Crippen LogP contribution in [-0.2, 0) is 23.9 Å². The summed E-state index contributed by atoms with van der Waals surface area (Å²) in [7, 11) is 0. The maximum atomic E-state index is 11.7. The second-order valence-corrected chi connectivity index (χ2v) is 4.31. The van der Waals surface area contributed by atoms with Crippen molar-refractivity contribution < 1.29 is 23.9 Å². The number of carbonyl (C=O) groups excluding carboxylic acids is 3. The second-order valence-electron chi connectivity index (χ2n) is 3.90. The number of ketones is 2. The van der Waals surface area contributed by atoms with Gasteiger partial charge in [0.2, 0.25) is 5.78 Å². The van der Waals surface area contributed by atoms with Crippen molar-refractivity contribution in [2.45, 2.75) is 19.4 Å². The molecular weight excluding hydrogens is 260 g/mol. The molecule has 1 atom stereocenters. The molecule has 0 saturated carbocycles. The van der Waals surface area contributed by atoms with Crippen LogP contribution in [-0.4, -0.2) is 36.9 Å². The van der Waals surface area contributed by atoms with Gasteiger partial charge in [0.15, 0.2) is 11.9 Å². The van der Waals surface area contributed by atoms with Gasteiger partial charge < -0.3 is 9.47 Å². The molecule has 0 aromatic carbocycles. The van der Waals surface area contributed by atoms with Crippen LogP contribution in [0.3, 0.4) is 0 Å². The molecule has 1 aliphatic heterocycles. The fourth-order valence-corrected chi connectivity index (χ4v) is 2.10. The SMILES string of the molecule is CCOC(=O)C1CC2=C(CO1)C(=O)C(Cl)=CC2=O. The van der Waals surface area contributed by atoms with Crippen molar-refractivity contribution in [2.24, 2.45) is 0 Å². The molecule has 6 heteroatoms. The summed E-state index contributed by atoms with van der Waals surface area (Å²) in [5.74, 6) is -1.27. The van der Waals surface area contributed by atoms with Crippen molar-refractivity contribution >= 4 is 29.1 Å². The number of carbonyl (C=O) groups is 3. The number of ether oxygens (including phenoxy) is 2. The standard InChI is InChI=1S/C12H11ClO5/c1-2-17-12(16)10-3-6-7(5-18-10)11(15)8(13)4-9(6)14/h4,10H,2-3,5H2,1H3. The van der Waals surface area contributed by atoms with Crippen LogP contribution in [0.5, 0.6) is 0 Å². The van der Waals surface area contributed by atoms with E-state index in [1.165, 1.54) is 0 Å². The first kappa shape index (κ1) is 13.0. The highest BCUT2D eigenvalue weighted by Gasteiger charge is 2.36. The molecule has 1 aliphatic carbocycles. The van der Waals surface area contributed by atoms with Crippen LogP contribution >= 0.6 is 11.6 Å². The molecule has 0 saturated heterocycles. The third-order valence-electron chi connectivity index (χ3n) is 2.78. The Hall–Kier alpha value is -1.46. The Morgan fingerprint density at radius 1 is 1.50 bits per heavy atom. The van der Waals surface area contributed by atoms with Crippen LogP contribution in [0.1, 0.15) is 13.3 Å². The molecule has 1 heterocycles. The summed E-state index contributed by atoms with van der Waals surface area (Å²) in [4.78, 5) is 35.0. The zero-order chi connectivity index (χ0) is 13.3. The molecule has 0 spiro atoms. The minimum atomic E-state index is -0.828. The average Bonchev–Trinajstić information content (AvgIpc) is 2.36. The van der Waals surface area contributed by atoms with E-state index in [1.54, 1.807) is 6.92 Å². The third-order valence-corrected chi connectivity index (χ3v) is 3.06. The number of rotatable bonds is 2. The molecule has 5 nitrogen and oxygen atoms in total. The normalized spacial score (nSPS) is 23.7. The first-order chi connectivity index (χ1) is 8.54. The van der Waals surface area contributed by atoms with E-state index >= 15 is 0 Å². The van der Waals surface area contributed by atoms with Gasteiger partial charge in [-0.1, -0.05) is 11.6 Å². The molecule has 1 unspecified atom stereocenters. The molecule has 0 radical (unpaired) electrons. The first-order valence-electron chi connectivity index (χ1n) is 5.51. The van der Waals surface area contributed by atoms with E-state index in [0.717, 1.165) is 6.08 Å². The van der Waals surface area contributed by atoms with Gasteiger partial charge in [0.1, 0.15) is 0 Å². The second kappa shape index (κ2) is 5.04. The summed E-state index contributed by atoms with van der Waals surface area (Å²) in [6.07, 6.45) is 0.307. The van der Waals surface area contributed by atoms with Gasteiger partial charge in [-0.2, -0.15) is 0 Å². The molecule has 0 N–H and O–H groups in total. The number of hydrogen-bond donors (Lipinski definition) is 0. The zero-order valence-corrected chi connectivity index (χ0v) is 10.5. The van der Waals surface area contributed by atoms with Gasteiger partial charge in [0.05, 0.1) is 18.2 Å². The Kier molecular flexibility index (Phi) is 3.63. The number of allylic oxidation sites excluding steroid dienone is 2. The van der Waals surface area contributed by atoms with Gasteiger partial charge >= 0.3 is 5.97 Å². The fraction of sp³-hybridized carbons (Fsp3) is 0.417. The van der Waals surface area contributed by atoms with E-state index < -0.39 is 17.9 Å². The fourth-order valence-electron chi connectivity index (χ4n) is 1.89. The number of Topliss-reactive ketones (excluding diaryl/α,β-unsaturated/α-hetero) is 1. The van der Waals surface area contributed by atoms with E-state index in [-0.39, 0.29) is 36.0 Å². The monoisotopic (exact) mass is 270 g/mol. The van der Waals surface area contributed by atoms with Crippen LogP contribution < -0.4 is 0 Å². The molecule has 0 amide bonds. The van der Waals surface area contributed by atoms with Crippen molar-refractivity contribution in [1.82, 2.24) is 0 Å². The van der Waals surface area contributed by atoms with Gasteiger partial charge in [0.25, 0.3) is 0 Å². The molecule has 2 rings (SSSR count). The van der Waals surface area contributed by atoms with Crippen molar-refractivity contribution in [3.05, 3.63) is 22.3 Å². The predicted octanol–water partition coefficient (Wildman–Crippen LogP) is 0.909. The van der Waals surface area contributed by atoms with Crippen molar-refractivity contribution in [3.8, 4) is 0 Å². The number of halogens is 1. The lowest BCUT2D eigenvalue weighted by Gasteiger charge is -2.26. The van der Waals surface area contributed by atoms with E-state index in [2.05, 4.69) is 0 Å². The van der Waals surface area contributed by atoms with Crippen molar-refractivity contribution in [2.75, 3.05) is 13.2 Å². The Morgan fingerprint density at radius 2 is 2.22 bits per heavy atom. The molecule has 0 aromatic heterocycles. The van der Waals surface area contributed by atoms with Gasteiger partial charge in [-0.15, -0.1) is 0 Å². The lowest BCUT2D eigenvalue weighted by molar-refractivity contribution is -0.157. The maximum Gasteiger partial charge on any atom is 0.335 e. The molecule has 18 heavy (non-hydrogen) atoms. The van der Waals surface area contributed by atoms with Crippen LogP contribution in [0.25, 0.3) is 0 Å². The average molecular weight is 271 g/mol. The topological polar surface area (TPSA) is 69.7 Å².